The molecular formula is C18H21ClN3O6P. The number of rotatable bonds is 9. The number of carbonyl (C=O) groups excluding carboxylic acids is 1. The van der Waals surface area contributed by atoms with Crippen LogP contribution in [0.3, 0.4) is 0 Å². The molecule has 29 heavy (non-hydrogen) atoms. The number of H-pyrrole nitrogens is 1. The molecule has 3 rings (SSSR count). The van der Waals surface area contributed by atoms with Crippen molar-refractivity contribution in [2.75, 3.05) is 13.2 Å². The van der Waals surface area contributed by atoms with E-state index >= 15 is 0 Å². The number of nitrogens with zero attached hydrogens (tertiary/aromatic N) is 1. The number of ether oxygens (including phenoxy) is 1. The lowest BCUT2D eigenvalue weighted by Crippen LogP contribution is -2.33. The zero-order valence-electron chi connectivity index (χ0n) is 15.6. The fourth-order valence-electron chi connectivity index (χ4n) is 2.95. The molecule has 0 bridgehead atoms. The number of aldehydes is 1. The van der Waals surface area contributed by atoms with Crippen LogP contribution in [0, 0.1) is 5.92 Å². The van der Waals surface area contributed by atoms with E-state index < -0.39 is 26.0 Å². The Labute approximate surface area is 172 Å². The van der Waals surface area contributed by atoms with Crippen LogP contribution in [0.1, 0.15) is 19.6 Å². The van der Waals surface area contributed by atoms with Crippen molar-refractivity contribution in [1.82, 2.24) is 14.6 Å². The summed E-state index contributed by atoms with van der Waals surface area (Å²) in [5, 5.41) is 3.48. The third-order valence-corrected chi connectivity index (χ3v) is 5.71. The van der Waals surface area contributed by atoms with Crippen molar-refractivity contribution in [2.24, 2.45) is 5.92 Å². The number of hydrogen-bond acceptors (Lipinski definition) is 7. The van der Waals surface area contributed by atoms with Crippen molar-refractivity contribution in [3.05, 3.63) is 62.4 Å². The van der Waals surface area contributed by atoms with Crippen molar-refractivity contribution in [2.45, 2.75) is 25.7 Å². The molecule has 1 aromatic carbocycles. The first-order chi connectivity index (χ1) is 14.0. The molecule has 1 aromatic heterocycles. The smallest absolute Gasteiger partial charge is 0.330 e. The molecule has 0 saturated carbocycles. The van der Waals surface area contributed by atoms with E-state index in [1.165, 1.54) is 16.8 Å². The second-order valence-electron chi connectivity index (χ2n) is 6.51. The van der Waals surface area contributed by atoms with Gasteiger partial charge in [0.2, 0.25) is 0 Å². The maximum atomic E-state index is 12.0. The van der Waals surface area contributed by atoms with E-state index in [4.69, 9.17) is 25.4 Å². The van der Waals surface area contributed by atoms with Crippen molar-refractivity contribution in [3.63, 3.8) is 0 Å². The molecule has 0 amide bonds. The van der Waals surface area contributed by atoms with Gasteiger partial charge >= 0.3 is 14.2 Å². The SMILES string of the molecule is CC1CC(COP(NCC=O)Oc2ccc(Cl)cc2)OC1n1ccc(=O)[nH]c1=O. The molecule has 4 atom stereocenters. The van der Waals surface area contributed by atoms with E-state index in [-0.39, 0.29) is 25.2 Å². The molecule has 1 fully saturated rings. The quantitative estimate of drug-likeness (QED) is 0.453. The zero-order valence-corrected chi connectivity index (χ0v) is 17.3. The Morgan fingerprint density at radius 2 is 2.10 bits per heavy atom. The van der Waals surface area contributed by atoms with Gasteiger partial charge < -0.3 is 18.6 Å². The van der Waals surface area contributed by atoms with Gasteiger partial charge in [-0.05, 0) is 30.7 Å². The van der Waals surface area contributed by atoms with Gasteiger partial charge in [0.05, 0.1) is 19.3 Å². The Morgan fingerprint density at radius 1 is 1.34 bits per heavy atom. The first kappa shape index (κ1) is 21.7. The van der Waals surface area contributed by atoms with Gasteiger partial charge in [0.15, 0.2) is 0 Å². The third-order valence-electron chi connectivity index (χ3n) is 4.26. The van der Waals surface area contributed by atoms with Crippen molar-refractivity contribution in [3.8, 4) is 5.75 Å². The van der Waals surface area contributed by atoms with Gasteiger partial charge in [0.1, 0.15) is 18.3 Å². The van der Waals surface area contributed by atoms with E-state index in [9.17, 15) is 14.4 Å². The van der Waals surface area contributed by atoms with Gasteiger partial charge in [-0.3, -0.25) is 14.3 Å². The highest BCUT2D eigenvalue weighted by molar-refractivity contribution is 7.45. The molecule has 1 saturated heterocycles. The number of halogens is 1. The molecule has 0 aliphatic carbocycles. The first-order valence-corrected chi connectivity index (χ1v) is 10.5. The number of aromatic nitrogens is 2. The lowest BCUT2D eigenvalue weighted by atomic mass is 10.1. The maximum Gasteiger partial charge on any atom is 0.330 e. The second-order valence-corrected chi connectivity index (χ2v) is 8.21. The third kappa shape index (κ3) is 5.98. The Morgan fingerprint density at radius 3 is 2.79 bits per heavy atom. The summed E-state index contributed by atoms with van der Waals surface area (Å²) in [6, 6.07) is 8.08. The normalized spacial score (nSPS) is 22.3. The summed E-state index contributed by atoms with van der Waals surface area (Å²) in [4.78, 5) is 36.2. The van der Waals surface area contributed by atoms with E-state index in [1.807, 2.05) is 6.92 Å². The Bertz CT molecular complexity index is 934. The minimum atomic E-state index is -1.58. The molecule has 0 radical (unpaired) electrons. The second kappa shape index (κ2) is 10.1. The van der Waals surface area contributed by atoms with Crippen molar-refractivity contribution in [1.29, 1.82) is 0 Å². The van der Waals surface area contributed by atoms with Crippen LogP contribution < -0.4 is 20.9 Å². The summed E-state index contributed by atoms with van der Waals surface area (Å²) in [7, 11) is -1.58. The summed E-state index contributed by atoms with van der Waals surface area (Å²) < 4.78 is 18.9. The zero-order chi connectivity index (χ0) is 20.8. The molecule has 156 valence electrons. The minimum absolute atomic E-state index is 0.0403. The molecule has 4 unspecified atom stereocenters. The average Bonchev–Trinajstić information content (AvgIpc) is 3.06. The summed E-state index contributed by atoms with van der Waals surface area (Å²) in [6.45, 7) is 2.25. The standard InChI is InChI=1S/C18H21ClN3O6P/c1-12-10-15(27-17(12)22-8-6-16(24)21-18(22)25)11-26-29(20-7-9-23)28-14-4-2-13(19)3-5-14/h2-6,8-9,12,15,17,20H,7,10-11H2,1H3,(H,21,24,25). The molecular weight excluding hydrogens is 421 g/mol. The number of hydrogen-bond donors (Lipinski definition) is 2. The first-order valence-electron chi connectivity index (χ1n) is 8.97. The molecule has 11 heteroatoms. The van der Waals surface area contributed by atoms with Crippen molar-refractivity contribution < 1.29 is 18.6 Å². The number of nitrogens with one attached hydrogen (secondary N) is 2. The molecule has 9 nitrogen and oxygen atoms in total. The predicted octanol–water partition coefficient (Wildman–Crippen LogP) is 2.22. The summed E-state index contributed by atoms with van der Waals surface area (Å²) in [5.41, 5.74) is -0.972. The predicted molar refractivity (Wildman–Crippen MR) is 108 cm³/mol. The molecule has 1 aliphatic rings. The van der Waals surface area contributed by atoms with E-state index in [0.29, 0.717) is 17.2 Å². The lowest BCUT2D eigenvalue weighted by molar-refractivity contribution is -0.106. The van der Waals surface area contributed by atoms with Gasteiger partial charge in [-0.1, -0.05) is 18.5 Å². The Kier molecular flexibility index (Phi) is 7.57. The molecule has 2 heterocycles. The van der Waals surface area contributed by atoms with Crippen LogP contribution in [-0.4, -0.2) is 35.1 Å². The van der Waals surface area contributed by atoms with E-state index in [0.717, 1.165) is 6.29 Å². The molecule has 2 N–H and O–H groups in total. The van der Waals surface area contributed by atoms with Crippen LogP contribution in [-0.2, 0) is 14.1 Å². The van der Waals surface area contributed by atoms with E-state index in [1.54, 1.807) is 24.3 Å². The van der Waals surface area contributed by atoms with Crippen LogP contribution in [0.25, 0.3) is 0 Å². The average molecular weight is 442 g/mol. The van der Waals surface area contributed by atoms with Crippen LogP contribution in [0.15, 0.2) is 46.1 Å². The minimum Gasteiger partial charge on any atom is -0.436 e. The van der Waals surface area contributed by atoms with Gasteiger partial charge in [-0.15, -0.1) is 0 Å². The number of carbonyl (C=O) groups is 1. The lowest BCUT2D eigenvalue weighted by Gasteiger charge is -2.20. The summed E-state index contributed by atoms with van der Waals surface area (Å²) in [6.07, 6.45) is 2.03. The number of benzene rings is 1. The van der Waals surface area contributed by atoms with Crippen LogP contribution in [0.5, 0.6) is 5.75 Å². The highest BCUT2D eigenvalue weighted by atomic mass is 35.5. The highest BCUT2D eigenvalue weighted by Crippen LogP contribution is 2.39. The van der Waals surface area contributed by atoms with Crippen LogP contribution in [0.2, 0.25) is 5.02 Å². The van der Waals surface area contributed by atoms with Crippen molar-refractivity contribution >= 4 is 26.4 Å². The fraction of sp³-hybridized carbons (Fsp3) is 0.389. The van der Waals surface area contributed by atoms with Crippen LogP contribution in [0.4, 0.5) is 0 Å². The van der Waals surface area contributed by atoms with Gasteiger partial charge in [-0.25, -0.2) is 9.88 Å². The topological polar surface area (TPSA) is 112 Å². The Balaban J connectivity index is 1.60. The van der Waals surface area contributed by atoms with E-state index in [2.05, 4.69) is 10.1 Å². The molecule has 1 aliphatic heterocycles. The Hall–Kier alpha value is -2.03. The molecule has 2 aromatic rings. The summed E-state index contributed by atoms with van der Waals surface area (Å²) >= 11 is 5.87. The van der Waals surface area contributed by atoms with Gasteiger partial charge in [0.25, 0.3) is 5.56 Å². The largest absolute Gasteiger partial charge is 0.436 e. The monoisotopic (exact) mass is 441 g/mol. The van der Waals surface area contributed by atoms with Gasteiger partial charge in [0, 0.05) is 23.2 Å². The summed E-state index contributed by atoms with van der Waals surface area (Å²) in [5.74, 6) is 0.593. The number of aromatic amines is 1. The fourth-order valence-corrected chi connectivity index (χ4v) is 4.12. The molecule has 0 spiro atoms. The van der Waals surface area contributed by atoms with Gasteiger partial charge in [-0.2, -0.15) is 0 Å². The van der Waals surface area contributed by atoms with Crippen LogP contribution >= 0.6 is 20.1 Å². The highest BCUT2D eigenvalue weighted by Gasteiger charge is 2.34. The maximum absolute atomic E-state index is 12.0.